The van der Waals surface area contributed by atoms with E-state index in [2.05, 4.69) is 10.3 Å². The Labute approximate surface area is 83.5 Å². The SMILES string of the molecule is COc1ccnc(C2CCCN2)c1N. The number of hydrogen-bond acceptors (Lipinski definition) is 4. The minimum atomic E-state index is 0.296. The molecule has 1 aliphatic rings. The first-order valence-electron chi connectivity index (χ1n) is 4.84. The number of methoxy groups -OCH3 is 1. The van der Waals surface area contributed by atoms with Crippen LogP contribution in [-0.2, 0) is 0 Å². The third-order valence-electron chi connectivity index (χ3n) is 2.59. The quantitative estimate of drug-likeness (QED) is 0.738. The van der Waals surface area contributed by atoms with Crippen LogP contribution >= 0.6 is 0 Å². The van der Waals surface area contributed by atoms with Crippen molar-refractivity contribution in [3.05, 3.63) is 18.0 Å². The molecule has 0 amide bonds. The molecule has 1 unspecified atom stereocenters. The van der Waals surface area contributed by atoms with Gasteiger partial charge in [0.05, 0.1) is 24.5 Å². The van der Waals surface area contributed by atoms with Gasteiger partial charge in [0, 0.05) is 12.3 Å². The van der Waals surface area contributed by atoms with Crippen molar-refractivity contribution >= 4 is 5.69 Å². The van der Waals surface area contributed by atoms with Crippen LogP contribution in [0.15, 0.2) is 12.3 Å². The Morgan fingerprint density at radius 2 is 2.50 bits per heavy atom. The molecule has 14 heavy (non-hydrogen) atoms. The smallest absolute Gasteiger partial charge is 0.145 e. The molecule has 4 nitrogen and oxygen atoms in total. The minimum absolute atomic E-state index is 0.296. The van der Waals surface area contributed by atoms with Gasteiger partial charge in [0.25, 0.3) is 0 Å². The first-order valence-corrected chi connectivity index (χ1v) is 4.84. The summed E-state index contributed by atoms with van der Waals surface area (Å²) in [5, 5.41) is 3.37. The molecule has 1 aliphatic heterocycles. The summed E-state index contributed by atoms with van der Waals surface area (Å²) in [7, 11) is 1.62. The van der Waals surface area contributed by atoms with Crippen molar-refractivity contribution in [1.29, 1.82) is 0 Å². The van der Waals surface area contributed by atoms with Gasteiger partial charge in [0.2, 0.25) is 0 Å². The first kappa shape index (κ1) is 9.27. The normalized spacial score (nSPS) is 21.1. The van der Waals surface area contributed by atoms with Gasteiger partial charge in [-0.25, -0.2) is 0 Å². The van der Waals surface area contributed by atoms with Crippen LogP contribution in [0.2, 0.25) is 0 Å². The zero-order valence-corrected chi connectivity index (χ0v) is 8.29. The number of aromatic nitrogens is 1. The number of pyridine rings is 1. The number of nitrogens with zero attached hydrogens (tertiary/aromatic N) is 1. The molecule has 2 heterocycles. The fourth-order valence-electron chi connectivity index (χ4n) is 1.84. The maximum atomic E-state index is 5.95. The Kier molecular flexibility index (Phi) is 2.54. The van der Waals surface area contributed by atoms with Gasteiger partial charge in [-0.05, 0) is 19.4 Å². The maximum absolute atomic E-state index is 5.95. The lowest BCUT2D eigenvalue weighted by Crippen LogP contribution is -2.16. The van der Waals surface area contributed by atoms with Crippen LogP contribution in [-0.4, -0.2) is 18.6 Å². The molecule has 4 heteroatoms. The van der Waals surface area contributed by atoms with Gasteiger partial charge in [0.1, 0.15) is 5.75 Å². The van der Waals surface area contributed by atoms with Gasteiger partial charge in [0.15, 0.2) is 0 Å². The van der Waals surface area contributed by atoms with E-state index < -0.39 is 0 Å². The Hall–Kier alpha value is -1.29. The van der Waals surface area contributed by atoms with Crippen LogP contribution in [0.1, 0.15) is 24.6 Å². The summed E-state index contributed by atoms with van der Waals surface area (Å²) in [4.78, 5) is 4.30. The molecular formula is C10H15N3O. The fraction of sp³-hybridized carbons (Fsp3) is 0.500. The van der Waals surface area contributed by atoms with Gasteiger partial charge in [-0.3, -0.25) is 4.98 Å². The molecule has 1 atom stereocenters. The second-order valence-corrected chi connectivity index (χ2v) is 3.46. The van der Waals surface area contributed by atoms with Crippen LogP contribution in [0, 0.1) is 0 Å². The van der Waals surface area contributed by atoms with E-state index in [4.69, 9.17) is 10.5 Å². The first-order chi connectivity index (χ1) is 6.83. The fourth-order valence-corrected chi connectivity index (χ4v) is 1.84. The van der Waals surface area contributed by atoms with Crippen molar-refractivity contribution in [3.63, 3.8) is 0 Å². The third-order valence-corrected chi connectivity index (χ3v) is 2.59. The van der Waals surface area contributed by atoms with E-state index >= 15 is 0 Å². The van der Waals surface area contributed by atoms with Crippen molar-refractivity contribution < 1.29 is 4.74 Å². The largest absolute Gasteiger partial charge is 0.494 e. The average molecular weight is 193 g/mol. The zero-order chi connectivity index (χ0) is 9.97. The summed E-state index contributed by atoms with van der Waals surface area (Å²) < 4.78 is 5.15. The van der Waals surface area contributed by atoms with E-state index in [-0.39, 0.29) is 0 Å². The third kappa shape index (κ3) is 1.53. The summed E-state index contributed by atoms with van der Waals surface area (Å²) in [5.41, 5.74) is 7.53. The van der Waals surface area contributed by atoms with Crippen LogP contribution in [0.25, 0.3) is 0 Å². The van der Waals surface area contributed by atoms with Crippen molar-refractivity contribution in [2.45, 2.75) is 18.9 Å². The highest BCUT2D eigenvalue weighted by Crippen LogP contribution is 2.31. The Morgan fingerprint density at radius 3 is 3.14 bits per heavy atom. The Morgan fingerprint density at radius 1 is 1.64 bits per heavy atom. The van der Waals surface area contributed by atoms with Gasteiger partial charge in [-0.1, -0.05) is 0 Å². The Bertz CT molecular complexity index is 321. The lowest BCUT2D eigenvalue weighted by atomic mass is 10.1. The van der Waals surface area contributed by atoms with Gasteiger partial charge in [-0.2, -0.15) is 0 Å². The summed E-state index contributed by atoms with van der Waals surface area (Å²) in [5.74, 6) is 0.712. The number of anilines is 1. The Balaban J connectivity index is 2.32. The van der Waals surface area contributed by atoms with Crippen LogP contribution < -0.4 is 15.8 Å². The topological polar surface area (TPSA) is 60.2 Å². The van der Waals surface area contributed by atoms with E-state index in [1.54, 1.807) is 19.4 Å². The second kappa shape index (κ2) is 3.84. The van der Waals surface area contributed by atoms with Crippen LogP contribution in [0.4, 0.5) is 5.69 Å². The standard InChI is InChI=1S/C10H15N3O/c1-14-8-4-6-13-10(9(8)11)7-3-2-5-12-7/h4,6-7,12H,2-3,5,11H2,1H3. The van der Waals surface area contributed by atoms with Crippen LogP contribution in [0.3, 0.4) is 0 Å². The molecule has 0 saturated carbocycles. The summed E-state index contributed by atoms with van der Waals surface area (Å²) in [6.45, 7) is 1.04. The lowest BCUT2D eigenvalue weighted by molar-refractivity contribution is 0.415. The summed E-state index contributed by atoms with van der Waals surface area (Å²) in [6.07, 6.45) is 4.03. The van der Waals surface area contributed by atoms with Gasteiger partial charge < -0.3 is 15.8 Å². The van der Waals surface area contributed by atoms with E-state index in [1.165, 1.54) is 6.42 Å². The zero-order valence-electron chi connectivity index (χ0n) is 8.29. The van der Waals surface area contributed by atoms with E-state index in [0.717, 1.165) is 18.7 Å². The minimum Gasteiger partial charge on any atom is -0.494 e. The average Bonchev–Trinajstić information content (AvgIpc) is 2.71. The lowest BCUT2D eigenvalue weighted by Gasteiger charge is -2.14. The molecule has 0 bridgehead atoms. The number of nitrogens with two attached hydrogens (primary N) is 1. The van der Waals surface area contributed by atoms with E-state index in [9.17, 15) is 0 Å². The summed E-state index contributed by atoms with van der Waals surface area (Å²) in [6, 6.07) is 2.08. The van der Waals surface area contributed by atoms with Crippen LogP contribution in [0.5, 0.6) is 5.75 Å². The molecule has 1 aromatic rings. The van der Waals surface area contributed by atoms with Gasteiger partial charge in [-0.15, -0.1) is 0 Å². The highest BCUT2D eigenvalue weighted by molar-refractivity contribution is 5.56. The molecule has 1 fully saturated rings. The van der Waals surface area contributed by atoms with E-state index in [0.29, 0.717) is 17.5 Å². The summed E-state index contributed by atoms with van der Waals surface area (Å²) >= 11 is 0. The number of ether oxygens (including phenoxy) is 1. The van der Waals surface area contributed by atoms with Crippen molar-refractivity contribution in [2.24, 2.45) is 0 Å². The molecule has 76 valence electrons. The highest BCUT2D eigenvalue weighted by atomic mass is 16.5. The predicted octanol–water partition coefficient (Wildman–Crippen LogP) is 1.10. The van der Waals surface area contributed by atoms with Crippen molar-refractivity contribution in [2.75, 3.05) is 19.4 Å². The predicted molar refractivity (Wildman–Crippen MR) is 55.2 cm³/mol. The number of nitrogens with one attached hydrogen (secondary N) is 1. The monoisotopic (exact) mass is 193 g/mol. The second-order valence-electron chi connectivity index (χ2n) is 3.46. The highest BCUT2D eigenvalue weighted by Gasteiger charge is 2.21. The number of hydrogen-bond donors (Lipinski definition) is 2. The van der Waals surface area contributed by atoms with Crippen molar-refractivity contribution in [3.8, 4) is 5.75 Å². The molecule has 3 N–H and O–H groups in total. The number of rotatable bonds is 2. The molecule has 1 aromatic heterocycles. The molecule has 0 spiro atoms. The van der Waals surface area contributed by atoms with Crippen molar-refractivity contribution in [1.82, 2.24) is 10.3 Å². The molecule has 0 radical (unpaired) electrons. The molecule has 0 aliphatic carbocycles. The molecule has 2 rings (SSSR count). The van der Waals surface area contributed by atoms with E-state index in [1.807, 2.05) is 0 Å². The maximum Gasteiger partial charge on any atom is 0.145 e. The molecule has 1 saturated heterocycles. The molecular weight excluding hydrogens is 178 g/mol. The van der Waals surface area contributed by atoms with Gasteiger partial charge >= 0.3 is 0 Å². The molecule has 0 aromatic carbocycles. The number of nitrogen functional groups attached to an aromatic ring is 1.